The second-order valence-electron chi connectivity index (χ2n) is 5.79. The summed E-state index contributed by atoms with van der Waals surface area (Å²) >= 11 is 8.00. The summed E-state index contributed by atoms with van der Waals surface area (Å²) in [4.78, 5) is 26.1. The molecule has 134 valence electrons. The fourth-order valence-electron chi connectivity index (χ4n) is 2.79. The van der Waals surface area contributed by atoms with Crippen molar-refractivity contribution in [3.8, 4) is 0 Å². The van der Waals surface area contributed by atoms with Gasteiger partial charge in [-0.15, -0.1) is 0 Å². The Balaban J connectivity index is 1.89. The normalized spacial score (nSPS) is 17.3. The van der Waals surface area contributed by atoms with Crippen LogP contribution in [0.1, 0.15) is 12.0 Å². The van der Waals surface area contributed by atoms with Crippen LogP contribution in [0, 0.1) is 0 Å². The SMILES string of the molecule is CSCC[C@@H](C(=O)O)N1C(=O)/C(=C\c2ccc3ccccc3c2)SC1=S. The lowest BCUT2D eigenvalue weighted by atomic mass is 10.1. The molecule has 2 aromatic carbocycles. The first kappa shape index (κ1) is 18.9. The van der Waals surface area contributed by atoms with Crippen LogP contribution >= 0.6 is 35.7 Å². The molecule has 1 amide bonds. The van der Waals surface area contributed by atoms with Gasteiger partial charge in [0, 0.05) is 0 Å². The van der Waals surface area contributed by atoms with Gasteiger partial charge in [0.25, 0.3) is 5.91 Å². The molecule has 1 aliphatic heterocycles. The predicted octanol–water partition coefficient (Wildman–Crippen LogP) is 4.25. The number of hydrogen-bond donors (Lipinski definition) is 1. The van der Waals surface area contributed by atoms with Gasteiger partial charge in [-0.1, -0.05) is 60.4 Å². The molecule has 26 heavy (non-hydrogen) atoms. The highest BCUT2D eigenvalue weighted by Crippen LogP contribution is 2.35. The van der Waals surface area contributed by atoms with Crippen LogP contribution in [-0.2, 0) is 9.59 Å². The van der Waals surface area contributed by atoms with Gasteiger partial charge in [-0.2, -0.15) is 11.8 Å². The lowest BCUT2D eigenvalue weighted by molar-refractivity contribution is -0.145. The molecule has 1 saturated heterocycles. The van der Waals surface area contributed by atoms with E-state index < -0.39 is 12.0 Å². The molecule has 1 atom stereocenters. The Morgan fingerprint density at radius 2 is 2.04 bits per heavy atom. The highest BCUT2D eigenvalue weighted by atomic mass is 32.2. The average Bonchev–Trinajstić information content (AvgIpc) is 2.89. The maximum Gasteiger partial charge on any atom is 0.326 e. The van der Waals surface area contributed by atoms with Crippen molar-refractivity contribution in [3.63, 3.8) is 0 Å². The third kappa shape index (κ3) is 3.95. The van der Waals surface area contributed by atoms with E-state index >= 15 is 0 Å². The van der Waals surface area contributed by atoms with Crippen LogP contribution in [0.3, 0.4) is 0 Å². The number of aliphatic carboxylic acids is 1. The van der Waals surface area contributed by atoms with Gasteiger partial charge in [0.05, 0.1) is 4.91 Å². The number of carbonyl (C=O) groups is 2. The minimum atomic E-state index is -1.03. The van der Waals surface area contributed by atoms with Crippen molar-refractivity contribution in [1.29, 1.82) is 0 Å². The summed E-state index contributed by atoms with van der Waals surface area (Å²) in [5.41, 5.74) is 0.889. The number of amides is 1. The monoisotopic (exact) mass is 403 g/mol. The van der Waals surface area contributed by atoms with Crippen LogP contribution in [0.25, 0.3) is 16.8 Å². The van der Waals surface area contributed by atoms with Gasteiger partial charge in [-0.3, -0.25) is 9.69 Å². The zero-order valence-corrected chi connectivity index (χ0v) is 16.5. The predicted molar refractivity (Wildman–Crippen MR) is 113 cm³/mol. The van der Waals surface area contributed by atoms with Crippen molar-refractivity contribution in [2.45, 2.75) is 12.5 Å². The molecule has 1 aliphatic rings. The van der Waals surface area contributed by atoms with E-state index in [2.05, 4.69) is 0 Å². The number of nitrogens with zero attached hydrogens (tertiary/aromatic N) is 1. The number of carboxylic acids is 1. The first-order valence-corrected chi connectivity index (χ1v) is 10.6. The van der Waals surface area contributed by atoms with E-state index in [1.165, 1.54) is 4.90 Å². The molecule has 0 radical (unpaired) electrons. The minimum Gasteiger partial charge on any atom is -0.480 e. The standard InChI is InChI=1S/C19H17NO3S3/c1-25-9-8-15(18(22)23)20-17(21)16(26-19(20)24)11-12-6-7-13-4-2-3-5-14(13)10-12/h2-7,10-11,15H,8-9H2,1H3,(H,22,23)/b16-11+/t15-/m0/s1. The minimum absolute atomic E-state index is 0.301. The number of rotatable bonds is 6. The summed E-state index contributed by atoms with van der Waals surface area (Å²) in [6, 6.07) is 13.0. The molecule has 0 unspecified atom stereocenters. The Labute approximate surface area is 165 Å². The maximum atomic E-state index is 12.8. The van der Waals surface area contributed by atoms with Crippen LogP contribution in [0.15, 0.2) is 47.4 Å². The first-order chi connectivity index (χ1) is 12.5. The molecule has 1 N–H and O–H groups in total. The summed E-state index contributed by atoms with van der Waals surface area (Å²) in [6.07, 6.45) is 4.05. The van der Waals surface area contributed by atoms with Crippen molar-refractivity contribution in [3.05, 3.63) is 52.9 Å². The van der Waals surface area contributed by atoms with Crippen LogP contribution in [0.5, 0.6) is 0 Å². The lowest BCUT2D eigenvalue weighted by Gasteiger charge is -2.22. The molecule has 0 saturated carbocycles. The zero-order chi connectivity index (χ0) is 18.7. The highest BCUT2D eigenvalue weighted by Gasteiger charge is 2.40. The van der Waals surface area contributed by atoms with Crippen molar-refractivity contribution in [1.82, 2.24) is 4.90 Å². The van der Waals surface area contributed by atoms with E-state index in [4.69, 9.17) is 12.2 Å². The molecule has 2 aromatic rings. The van der Waals surface area contributed by atoms with Crippen LogP contribution in [-0.4, -0.2) is 44.3 Å². The quantitative estimate of drug-likeness (QED) is 0.575. The molecule has 3 rings (SSSR count). The number of benzene rings is 2. The molecule has 4 nitrogen and oxygen atoms in total. The van der Waals surface area contributed by atoms with Crippen molar-refractivity contribution < 1.29 is 14.7 Å². The van der Waals surface area contributed by atoms with Crippen molar-refractivity contribution >= 4 is 68.8 Å². The van der Waals surface area contributed by atoms with Gasteiger partial charge in [-0.25, -0.2) is 4.79 Å². The van der Waals surface area contributed by atoms with Crippen LogP contribution in [0.4, 0.5) is 0 Å². The molecule has 0 aromatic heterocycles. The Morgan fingerprint density at radius 1 is 1.31 bits per heavy atom. The first-order valence-electron chi connectivity index (χ1n) is 7.99. The molecule has 1 fully saturated rings. The van der Waals surface area contributed by atoms with Crippen LogP contribution < -0.4 is 0 Å². The van der Waals surface area contributed by atoms with Crippen molar-refractivity contribution in [2.24, 2.45) is 0 Å². The Bertz CT molecular complexity index is 910. The second kappa shape index (κ2) is 8.24. The molecule has 0 bridgehead atoms. The molecule has 0 aliphatic carbocycles. The molecular weight excluding hydrogens is 386 g/mol. The molecule has 7 heteroatoms. The van der Waals surface area contributed by atoms with E-state index in [-0.39, 0.29) is 5.91 Å². The van der Waals surface area contributed by atoms with E-state index in [9.17, 15) is 14.7 Å². The summed E-state index contributed by atoms with van der Waals surface area (Å²) in [7, 11) is 0. The summed E-state index contributed by atoms with van der Waals surface area (Å²) in [5.74, 6) is -0.707. The van der Waals surface area contributed by atoms with Gasteiger partial charge < -0.3 is 5.11 Å². The number of thiocarbonyl (C=S) groups is 1. The number of hydrogen-bond acceptors (Lipinski definition) is 5. The second-order valence-corrected chi connectivity index (χ2v) is 8.46. The van der Waals surface area contributed by atoms with Gasteiger partial charge in [0.1, 0.15) is 10.4 Å². The van der Waals surface area contributed by atoms with Gasteiger partial charge in [-0.05, 0) is 46.9 Å². The topological polar surface area (TPSA) is 57.6 Å². The maximum absolute atomic E-state index is 12.8. The molecular formula is C19H17NO3S3. The van der Waals surface area contributed by atoms with E-state index in [0.29, 0.717) is 21.4 Å². The fraction of sp³-hybridized carbons (Fsp3) is 0.211. The van der Waals surface area contributed by atoms with E-state index in [0.717, 1.165) is 28.1 Å². The number of thioether (sulfide) groups is 2. The smallest absolute Gasteiger partial charge is 0.326 e. The van der Waals surface area contributed by atoms with Gasteiger partial charge in [0.15, 0.2) is 0 Å². The third-order valence-electron chi connectivity index (χ3n) is 4.09. The van der Waals surface area contributed by atoms with Crippen LogP contribution in [0.2, 0.25) is 0 Å². The third-order valence-corrected chi connectivity index (χ3v) is 6.06. The van der Waals surface area contributed by atoms with Gasteiger partial charge in [0.2, 0.25) is 0 Å². The fourth-order valence-corrected chi connectivity index (χ4v) is 4.61. The Hall–Kier alpha value is -1.83. The highest BCUT2D eigenvalue weighted by molar-refractivity contribution is 8.26. The molecule has 0 spiro atoms. The number of carboxylic acid groups (broad SMARTS) is 1. The Kier molecular flexibility index (Phi) is 6.01. The lowest BCUT2D eigenvalue weighted by Crippen LogP contribution is -2.44. The summed E-state index contributed by atoms with van der Waals surface area (Å²) in [5, 5.41) is 11.7. The zero-order valence-electron chi connectivity index (χ0n) is 14.0. The number of carbonyl (C=O) groups excluding carboxylic acids is 1. The van der Waals surface area contributed by atoms with Crippen molar-refractivity contribution in [2.75, 3.05) is 12.0 Å². The average molecular weight is 404 g/mol. The van der Waals surface area contributed by atoms with E-state index in [1.54, 1.807) is 17.8 Å². The molecule has 1 heterocycles. The Morgan fingerprint density at radius 3 is 2.73 bits per heavy atom. The van der Waals surface area contributed by atoms with E-state index in [1.807, 2.05) is 48.7 Å². The number of fused-ring (bicyclic) bond motifs is 1. The summed E-state index contributed by atoms with van der Waals surface area (Å²) in [6.45, 7) is 0. The van der Waals surface area contributed by atoms with Gasteiger partial charge >= 0.3 is 5.97 Å². The summed E-state index contributed by atoms with van der Waals surface area (Å²) < 4.78 is 0.301. The largest absolute Gasteiger partial charge is 0.480 e.